The van der Waals surface area contributed by atoms with E-state index >= 15 is 0 Å². The first-order valence-corrected chi connectivity index (χ1v) is 10.2. The van der Waals surface area contributed by atoms with Crippen molar-refractivity contribution in [3.8, 4) is 5.75 Å². The number of carboxylic acids is 1. The van der Waals surface area contributed by atoms with Crippen molar-refractivity contribution in [2.45, 2.75) is 31.8 Å². The topological polar surface area (TPSA) is 105 Å². The van der Waals surface area contributed by atoms with Crippen LogP contribution in [-0.4, -0.2) is 48.1 Å². The van der Waals surface area contributed by atoms with Gasteiger partial charge in [-0.05, 0) is 48.9 Å². The Bertz CT molecular complexity index is 882. The number of methoxy groups -OCH3 is 1. The molecule has 0 radical (unpaired) electrons. The number of nitrogens with two attached hydrogens (primary N) is 1. The third-order valence-corrected chi connectivity index (χ3v) is 5.27. The van der Waals surface area contributed by atoms with Gasteiger partial charge in [0.15, 0.2) is 0 Å². The Hall–Kier alpha value is -2.90. The summed E-state index contributed by atoms with van der Waals surface area (Å²) in [5.41, 5.74) is 7.86. The molecular formula is C23H29N3O4. The van der Waals surface area contributed by atoms with Gasteiger partial charge in [-0.3, -0.25) is 14.5 Å². The standard InChI is InChI=1S/C23H29N3O4/c1-30-19-7-4-6-18(13-19)25-22(27)20-8-3-2-5-17(20)15-26(14-16-9-10-16)12-11-21(24)23(28)29/h2-8,13,16,21H,9-12,14-15,24H2,1H3,(H,25,27)(H,28,29)/t21-/m0/s1. The number of amides is 1. The summed E-state index contributed by atoms with van der Waals surface area (Å²) in [5, 5.41) is 12.0. The summed E-state index contributed by atoms with van der Waals surface area (Å²) in [5.74, 6) is 0.141. The van der Waals surface area contributed by atoms with Crippen LogP contribution >= 0.6 is 0 Å². The summed E-state index contributed by atoms with van der Waals surface area (Å²) in [6, 6.07) is 13.9. The minimum absolute atomic E-state index is 0.188. The molecule has 0 spiro atoms. The van der Waals surface area contributed by atoms with E-state index in [1.165, 1.54) is 12.8 Å². The molecule has 1 amide bonds. The number of carbonyl (C=O) groups is 2. The van der Waals surface area contributed by atoms with Gasteiger partial charge in [-0.15, -0.1) is 0 Å². The highest BCUT2D eigenvalue weighted by Crippen LogP contribution is 2.30. The number of hydrogen-bond acceptors (Lipinski definition) is 5. The molecule has 0 unspecified atom stereocenters. The third-order valence-electron chi connectivity index (χ3n) is 5.27. The van der Waals surface area contributed by atoms with Crippen LogP contribution in [0.15, 0.2) is 48.5 Å². The van der Waals surface area contributed by atoms with E-state index in [2.05, 4.69) is 10.2 Å². The second-order valence-electron chi connectivity index (χ2n) is 7.76. The molecule has 7 heteroatoms. The maximum Gasteiger partial charge on any atom is 0.320 e. The van der Waals surface area contributed by atoms with E-state index in [9.17, 15) is 9.59 Å². The van der Waals surface area contributed by atoms with Crippen LogP contribution in [0.5, 0.6) is 5.75 Å². The van der Waals surface area contributed by atoms with Gasteiger partial charge in [-0.25, -0.2) is 0 Å². The number of carbonyl (C=O) groups excluding carboxylic acids is 1. The Kier molecular flexibility index (Phi) is 7.43. The van der Waals surface area contributed by atoms with Gasteiger partial charge in [0.25, 0.3) is 5.91 Å². The second-order valence-corrected chi connectivity index (χ2v) is 7.76. The van der Waals surface area contributed by atoms with Crippen LogP contribution in [0.2, 0.25) is 0 Å². The van der Waals surface area contributed by atoms with Crippen LogP contribution in [0.1, 0.15) is 35.2 Å². The number of benzene rings is 2. The Balaban J connectivity index is 1.71. The number of aliphatic carboxylic acids is 1. The lowest BCUT2D eigenvalue weighted by molar-refractivity contribution is -0.138. The van der Waals surface area contributed by atoms with Crippen molar-refractivity contribution in [2.75, 3.05) is 25.5 Å². The van der Waals surface area contributed by atoms with Crippen molar-refractivity contribution in [1.82, 2.24) is 4.90 Å². The van der Waals surface area contributed by atoms with Gasteiger partial charge in [0.2, 0.25) is 0 Å². The van der Waals surface area contributed by atoms with Crippen molar-refractivity contribution in [3.05, 3.63) is 59.7 Å². The van der Waals surface area contributed by atoms with Crippen LogP contribution in [-0.2, 0) is 11.3 Å². The number of hydrogen-bond donors (Lipinski definition) is 3. The summed E-state index contributed by atoms with van der Waals surface area (Å²) < 4.78 is 5.21. The zero-order valence-electron chi connectivity index (χ0n) is 17.2. The van der Waals surface area contributed by atoms with E-state index in [0.717, 1.165) is 12.1 Å². The van der Waals surface area contributed by atoms with E-state index in [1.54, 1.807) is 13.2 Å². The van der Waals surface area contributed by atoms with Crippen LogP contribution in [0.25, 0.3) is 0 Å². The Morgan fingerprint density at radius 2 is 2.00 bits per heavy atom. The fourth-order valence-electron chi connectivity index (χ4n) is 3.37. The highest BCUT2D eigenvalue weighted by Gasteiger charge is 2.26. The minimum atomic E-state index is -0.987. The van der Waals surface area contributed by atoms with Gasteiger partial charge in [-0.1, -0.05) is 24.3 Å². The molecule has 1 aliphatic carbocycles. The number of nitrogens with zero attached hydrogens (tertiary/aromatic N) is 1. The van der Waals surface area contributed by atoms with Crippen molar-refractivity contribution in [1.29, 1.82) is 0 Å². The van der Waals surface area contributed by atoms with E-state index in [1.807, 2.05) is 42.5 Å². The minimum Gasteiger partial charge on any atom is -0.497 e. The fourth-order valence-corrected chi connectivity index (χ4v) is 3.37. The van der Waals surface area contributed by atoms with Crippen LogP contribution in [0, 0.1) is 5.92 Å². The Morgan fingerprint density at radius 1 is 1.23 bits per heavy atom. The van der Waals surface area contributed by atoms with Gasteiger partial charge in [-0.2, -0.15) is 0 Å². The summed E-state index contributed by atoms with van der Waals surface area (Å²) in [6.45, 7) is 2.04. The van der Waals surface area contributed by atoms with Crippen molar-refractivity contribution >= 4 is 17.6 Å². The number of anilines is 1. The highest BCUT2D eigenvalue weighted by molar-refractivity contribution is 6.05. The molecule has 1 fully saturated rings. The lowest BCUT2D eigenvalue weighted by Gasteiger charge is -2.24. The number of carboxylic acid groups (broad SMARTS) is 1. The molecule has 2 aromatic rings. The first-order chi connectivity index (χ1) is 14.5. The van der Waals surface area contributed by atoms with Gasteiger partial charge < -0.3 is 20.9 Å². The normalized spacial score (nSPS) is 14.4. The fraction of sp³-hybridized carbons (Fsp3) is 0.391. The molecule has 3 rings (SSSR count). The highest BCUT2D eigenvalue weighted by atomic mass is 16.5. The maximum atomic E-state index is 12.9. The molecule has 7 nitrogen and oxygen atoms in total. The molecule has 1 saturated carbocycles. The summed E-state index contributed by atoms with van der Waals surface area (Å²) >= 11 is 0. The molecule has 30 heavy (non-hydrogen) atoms. The first kappa shape index (κ1) is 21.8. The zero-order valence-corrected chi connectivity index (χ0v) is 17.2. The third kappa shape index (κ3) is 6.30. The molecule has 1 aliphatic rings. The molecule has 0 heterocycles. The van der Waals surface area contributed by atoms with Crippen LogP contribution < -0.4 is 15.8 Å². The Morgan fingerprint density at radius 3 is 2.70 bits per heavy atom. The summed E-state index contributed by atoms with van der Waals surface area (Å²) in [6.07, 6.45) is 2.76. The number of rotatable bonds is 11. The molecule has 0 aromatic heterocycles. The molecule has 160 valence electrons. The lowest BCUT2D eigenvalue weighted by atomic mass is 10.1. The predicted octanol–water partition coefficient (Wildman–Crippen LogP) is 2.96. The SMILES string of the molecule is COc1cccc(NC(=O)c2ccccc2CN(CC[C@H](N)C(=O)O)CC2CC2)c1. The second kappa shape index (κ2) is 10.2. The largest absolute Gasteiger partial charge is 0.497 e. The molecule has 4 N–H and O–H groups in total. The van der Waals surface area contributed by atoms with Gasteiger partial charge in [0.1, 0.15) is 11.8 Å². The predicted molar refractivity (Wildman–Crippen MR) is 116 cm³/mol. The Labute approximate surface area is 176 Å². The van der Waals surface area contributed by atoms with Crippen LogP contribution in [0.4, 0.5) is 5.69 Å². The molecular weight excluding hydrogens is 382 g/mol. The molecule has 2 aromatic carbocycles. The van der Waals surface area contributed by atoms with Crippen molar-refractivity contribution in [3.63, 3.8) is 0 Å². The molecule has 0 saturated heterocycles. The average molecular weight is 412 g/mol. The monoisotopic (exact) mass is 411 g/mol. The van der Waals surface area contributed by atoms with E-state index in [4.69, 9.17) is 15.6 Å². The van der Waals surface area contributed by atoms with Crippen molar-refractivity contribution < 1.29 is 19.4 Å². The van der Waals surface area contributed by atoms with E-state index in [-0.39, 0.29) is 5.91 Å². The van der Waals surface area contributed by atoms with E-state index < -0.39 is 12.0 Å². The molecule has 0 aliphatic heterocycles. The quantitative estimate of drug-likeness (QED) is 0.525. The summed E-state index contributed by atoms with van der Waals surface area (Å²) in [7, 11) is 1.58. The van der Waals surface area contributed by atoms with Gasteiger partial charge in [0.05, 0.1) is 7.11 Å². The summed E-state index contributed by atoms with van der Waals surface area (Å²) in [4.78, 5) is 26.2. The average Bonchev–Trinajstić information content (AvgIpc) is 3.56. The zero-order chi connectivity index (χ0) is 21.5. The van der Waals surface area contributed by atoms with E-state index in [0.29, 0.717) is 42.4 Å². The maximum absolute atomic E-state index is 12.9. The first-order valence-electron chi connectivity index (χ1n) is 10.2. The van der Waals surface area contributed by atoms with Crippen LogP contribution in [0.3, 0.4) is 0 Å². The number of ether oxygens (including phenoxy) is 1. The van der Waals surface area contributed by atoms with Gasteiger partial charge >= 0.3 is 5.97 Å². The number of nitrogens with one attached hydrogen (secondary N) is 1. The smallest absolute Gasteiger partial charge is 0.320 e. The molecule has 1 atom stereocenters. The lowest BCUT2D eigenvalue weighted by Crippen LogP contribution is -2.36. The van der Waals surface area contributed by atoms with Gasteiger partial charge in [0, 0.05) is 37.0 Å². The van der Waals surface area contributed by atoms with Crippen molar-refractivity contribution in [2.24, 2.45) is 11.7 Å². The molecule has 0 bridgehead atoms.